The first-order chi connectivity index (χ1) is 5.93. The molecule has 0 amide bonds. The third-order valence-electron chi connectivity index (χ3n) is 1.56. The van der Waals surface area contributed by atoms with Gasteiger partial charge in [0.05, 0.1) is 13.2 Å². The summed E-state index contributed by atoms with van der Waals surface area (Å²) in [5.74, 6) is 0. The van der Waals surface area contributed by atoms with Crippen LogP contribution in [-0.2, 0) is 11.3 Å². The molecule has 0 N–H and O–H groups in total. The molecule has 0 aliphatic rings. The van der Waals surface area contributed by atoms with Gasteiger partial charge < -0.3 is 4.74 Å². The topological polar surface area (TPSA) is 9.23 Å². The lowest BCUT2D eigenvalue weighted by Crippen LogP contribution is -1.91. The second-order valence-corrected chi connectivity index (χ2v) is 2.57. The van der Waals surface area contributed by atoms with E-state index < -0.39 is 0 Å². The largest absolute Gasteiger partial charge is 0.373 e. The summed E-state index contributed by atoms with van der Waals surface area (Å²) >= 11 is 0. The predicted molar refractivity (Wildman–Crippen MR) is 50.9 cm³/mol. The smallest absolute Gasteiger partial charge is 0.0721 e. The van der Waals surface area contributed by atoms with E-state index in [2.05, 4.69) is 12.1 Å². The molecular weight excluding hydrogens is 148 g/mol. The predicted octanol–water partition coefficient (Wildman–Crippen LogP) is 2.78. The van der Waals surface area contributed by atoms with E-state index in [0.29, 0.717) is 13.2 Å². The van der Waals surface area contributed by atoms with Crippen LogP contribution in [0, 0.1) is 0 Å². The molecule has 12 heavy (non-hydrogen) atoms. The Morgan fingerprint density at radius 2 is 2.00 bits per heavy atom. The van der Waals surface area contributed by atoms with Gasteiger partial charge in [-0.05, 0) is 12.5 Å². The van der Waals surface area contributed by atoms with E-state index in [1.54, 1.807) is 0 Å². The Hall–Kier alpha value is -1.08. The van der Waals surface area contributed by atoms with Crippen molar-refractivity contribution in [3.63, 3.8) is 0 Å². The number of rotatable bonds is 4. The lowest BCUT2D eigenvalue weighted by Gasteiger charge is -1.99. The fourth-order valence-electron chi connectivity index (χ4n) is 0.915. The molecule has 0 atom stereocenters. The lowest BCUT2D eigenvalue weighted by molar-refractivity contribution is 0.148. The van der Waals surface area contributed by atoms with Crippen LogP contribution in [0.15, 0.2) is 42.5 Å². The van der Waals surface area contributed by atoms with E-state index in [0.717, 1.165) is 0 Å². The Labute approximate surface area is 73.7 Å². The van der Waals surface area contributed by atoms with Gasteiger partial charge in [0.2, 0.25) is 0 Å². The second-order valence-electron chi connectivity index (χ2n) is 2.57. The van der Waals surface area contributed by atoms with Gasteiger partial charge in [0.15, 0.2) is 0 Å². The molecule has 0 aliphatic heterocycles. The van der Waals surface area contributed by atoms with Gasteiger partial charge in [-0.3, -0.25) is 0 Å². The molecule has 1 aromatic rings. The summed E-state index contributed by atoms with van der Waals surface area (Å²) in [6.45, 7) is 3.39. The van der Waals surface area contributed by atoms with Gasteiger partial charge in [-0.15, -0.1) is 0 Å². The Morgan fingerprint density at radius 1 is 1.25 bits per heavy atom. The number of benzene rings is 1. The third kappa shape index (κ3) is 3.35. The van der Waals surface area contributed by atoms with E-state index in [1.807, 2.05) is 37.3 Å². The third-order valence-corrected chi connectivity index (χ3v) is 1.56. The molecule has 0 bridgehead atoms. The first-order valence-corrected chi connectivity index (χ1v) is 4.16. The van der Waals surface area contributed by atoms with Crippen molar-refractivity contribution in [2.24, 2.45) is 0 Å². The summed E-state index contributed by atoms with van der Waals surface area (Å²) in [6.07, 6.45) is 3.99. The minimum atomic E-state index is 0.700. The molecule has 0 aliphatic carbocycles. The standard InChI is InChI=1S/C11H14O/c1-2-3-9-12-10-11-7-5-4-6-8-11/h2-8H,9-10H2,1H3/b3-2+. The van der Waals surface area contributed by atoms with Gasteiger partial charge in [0.1, 0.15) is 0 Å². The fourth-order valence-corrected chi connectivity index (χ4v) is 0.915. The van der Waals surface area contributed by atoms with Crippen LogP contribution in [0.25, 0.3) is 0 Å². The first kappa shape index (κ1) is 9.01. The maximum absolute atomic E-state index is 5.37. The minimum absolute atomic E-state index is 0.700. The summed E-state index contributed by atoms with van der Waals surface area (Å²) in [4.78, 5) is 0. The van der Waals surface area contributed by atoms with Crippen molar-refractivity contribution in [3.05, 3.63) is 48.0 Å². The maximum Gasteiger partial charge on any atom is 0.0721 e. The molecule has 0 saturated heterocycles. The molecule has 0 spiro atoms. The highest BCUT2D eigenvalue weighted by Crippen LogP contribution is 1.99. The number of hydrogen-bond acceptors (Lipinski definition) is 1. The van der Waals surface area contributed by atoms with Crippen molar-refractivity contribution in [1.82, 2.24) is 0 Å². The summed E-state index contributed by atoms with van der Waals surface area (Å²) in [5, 5.41) is 0. The summed E-state index contributed by atoms with van der Waals surface area (Å²) in [7, 11) is 0. The highest BCUT2D eigenvalue weighted by Gasteiger charge is 1.87. The maximum atomic E-state index is 5.37. The number of hydrogen-bond donors (Lipinski definition) is 0. The van der Waals surface area contributed by atoms with Crippen molar-refractivity contribution in [2.75, 3.05) is 6.61 Å². The fraction of sp³-hybridized carbons (Fsp3) is 0.273. The Balaban J connectivity index is 2.24. The Bertz CT molecular complexity index is 226. The summed E-state index contributed by atoms with van der Waals surface area (Å²) in [6, 6.07) is 10.2. The molecule has 1 nitrogen and oxygen atoms in total. The van der Waals surface area contributed by atoms with Gasteiger partial charge in [0.25, 0.3) is 0 Å². The van der Waals surface area contributed by atoms with E-state index in [9.17, 15) is 0 Å². The van der Waals surface area contributed by atoms with Crippen LogP contribution in [-0.4, -0.2) is 6.61 Å². The Morgan fingerprint density at radius 3 is 2.67 bits per heavy atom. The highest BCUT2D eigenvalue weighted by atomic mass is 16.5. The van der Waals surface area contributed by atoms with Crippen LogP contribution < -0.4 is 0 Å². The van der Waals surface area contributed by atoms with Crippen LogP contribution in [0.2, 0.25) is 0 Å². The number of ether oxygens (including phenoxy) is 1. The molecule has 0 unspecified atom stereocenters. The van der Waals surface area contributed by atoms with Gasteiger partial charge in [-0.25, -0.2) is 0 Å². The first-order valence-electron chi connectivity index (χ1n) is 4.16. The van der Waals surface area contributed by atoms with Crippen molar-refractivity contribution in [1.29, 1.82) is 0 Å². The Kier molecular flexibility index (Phi) is 4.17. The monoisotopic (exact) mass is 162 g/mol. The van der Waals surface area contributed by atoms with Crippen LogP contribution in [0.3, 0.4) is 0 Å². The molecule has 1 aromatic carbocycles. The SMILES string of the molecule is C/C=C/COCc1ccccc1. The van der Waals surface area contributed by atoms with Crippen LogP contribution >= 0.6 is 0 Å². The lowest BCUT2D eigenvalue weighted by atomic mass is 10.2. The quantitative estimate of drug-likeness (QED) is 0.488. The van der Waals surface area contributed by atoms with E-state index in [1.165, 1.54) is 5.56 Å². The highest BCUT2D eigenvalue weighted by molar-refractivity contribution is 5.13. The molecule has 64 valence electrons. The second kappa shape index (κ2) is 5.56. The molecule has 1 heteroatoms. The van der Waals surface area contributed by atoms with E-state index in [-0.39, 0.29) is 0 Å². The van der Waals surface area contributed by atoms with Gasteiger partial charge in [0, 0.05) is 0 Å². The normalized spacial score (nSPS) is 10.8. The minimum Gasteiger partial charge on any atom is -0.373 e. The molecule has 0 aromatic heterocycles. The van der Waals surface area contributed by atoms with E-state index >= 15 is 0 Å². The average Bonchev–Trinajstić information content (AvgIpc) is 2.14. The molecule has 1 rings (SSSR count). The molecule has 0 radical (unpaired) electrons. The zero-order chi connectivity index (χ0) is 8.65. The molecule has 0 heterocycles. The average molecular weight is 162 g/mol. The van der Waals surface area contributed by atoms with Crippen molar-refractivity contribution >= 4 is 0 Å². The van der Waals surface area contributed by atoms with E-state index in [4.69, 9.17) is 4.74 Å². The van der Waals surface area contributed by atoms with Crippen LogP contribution in [0.4, 0.5) is 0 Å². The van der Waals surface area contributed by atoms with Gasteiger partial charge in [-0.2, -0.15) is 0 Å². The summed E-state index contributed by atoms with van der Waals surface area (Å²) < 4.78 is 5.37. The zero-order valence-corrected chi connectivity index (χ0v) is 7.36. The van der Waals surface area contributed by atoms with Crippen LogP contribution in [0.5, 0.6) is 0 Å². The molecule has 0 saturated carbocycles. The summed E-state index contributed by atoms with van der Waals surface area (Å²) in [5.41, 5.74) is 1.22. The molecular formula is C11H14O. The van der Waals surface area contributed by atoms with Crippen LogP contribution in [0.1, 0.15) is 12.5 Å². The molecule has 0 fully saturated rings. The van der Waals surface area contributed by atoms with Crippen molar-refractivity contribution in [2.45, 2.75) is 13.5 Å². The van der Waals surface area contributed by atoms with Gasteiger partial charge >= 0.3 is 0 Å². The van der Waals surface area contributed by atoms with Crippen molar-refractivity contribution < 1.29 is 4.74 Å². The van der Waals surface area contributed by atoms with Gasteiger partial charge in [-0.1, -0.05) is 42.5 Å². The number of allylic oxidation sites excluding steroid dienone is 1. The zero-order valence-electron chi connectivity index (χ0n) is 7.36. The van der Waals surface area contributed by atoms with Crippen molar-refractivity contribution in [3.8, 4) is 0 Å².